The van der Waals surface area contributed by atoms with Crippen LogP contribution in [0, 0.1) is 17.6 Å². The van der Waals surface area contributed by atoms with E-state index in [1.54, 1.807) is 0 Å². The summed E-state index contributed by atoms with van der Waals surface area (Å²) in [6.07, 6.45) is 2.58. The van der Waals surface area contributed by atoms with Gasteiger partial charge in [-0.1, -0.05) is 6.07 Å². The zero-order chi connectivity index (χ0) is 14.1. The summed E-state index contributed by atoms with van der Waals surface area (Å²) in [5, 5.41) is 13.3. The molecule has 3 rings (SSSR count). The summed E-state index contributed by atoms with van der Waals surface area (Å²) in [6, 6.07) is 3.47. The van der Waals surface area contributed by atoms with Gasteiger partial charge in [0.05, 0.1) is 12.2 Å². The Morgan fingerprint density at radius 2 is 2.10 bits per heavy atom. The first kappa shape index (κ1) is 13.9. The Bertz CT molecular complexity index is 479. The zero-order valence-corrected chi connectivity index (χ0v) is 11.2. The monoisotopic (exact) mass is 283 g/mol. The third-order valence-corrected chi connectivity index (χ3v) is 4.12. The number of nitrogens with one attached hydrogen (secondary N) is 1. The van der Waals surface area contributed by atoms with E-state index in [9.17, 15) is 13.9 Å². The molecule has 3 nitrogen and oxygen atoms in total. The van der Waals surface area contributed by atoms with Crippen LogP contribution >= 0.6 is 0 Å². The van der Waals surface area contributed by atoms with Gasteiger partial charge in [0.2, 0.25) is 0 Å². The fourth-order valence-corrected chi connectivity index (χ4v) is 2.86. The molecule has 0 radical (unpaired) electrons. The van der Waals surface area contributed by atoms with E-state index >= 15 is 0 Å². The quantitative estimate of drug-likeness (QED) is 0.870. The highest BCUT2D eigenvalue weighted by Crippen LogP contribution is 2.38. The average Bonchev–Trinajstić information content (AvgIpc) is 3.15. The second kappa shape index (κ2) is 5.76. The van der Waals surface area contributed by atoms with Crippen LogP contribution in [0.1, 0.15) is 30.9 Å². The maximum Gasteiger partial charge on any atom is 0.131 e. The predicted octanol–water partition coefficient (Wildman–Crippen LogP) is 2.16. The molecule has 0 amide bonds. The van der Waals surface area contributed by atoms with Crippen molar-refractivity contribution in [2.45, 2.75) is 37.5 Å². The normalized spacial score (nSPS) is 27.8. The van der Waals surface area contributed by atoms with Crippen molar-refractivity contribution in [3.63, 3.8) is 0 Å². The minimum Gasteiger partial charge on any atom is -0.387 e. The molecule has 1 aliphatic carbocycles. The van der Waals surface area contributed by atoms with E-state index in [1.165, 1.54) is 18.9 Å². The summed E-state index contributed by atoms with van der Waals surface area (Å²) in [5.74, 6) is -0.709. The molecule has 0 aromatic heterocycles. The van der Waals surface area contributed by atoms with Crippen molar-refractivity contribution < 1.29 is 18.6 Å². The van der Waals surface area contributed by atoms with E-state index in [4.69, 9.17) is 4.74 Å². The van der Waals surface area contributed by atoms with Gasteiger partial charge in [-0.15, -0.1) is 0 Å². The molecule has 5 heteroatoms. The van der Waals surface area contributed by atoms with Crippen molar-refractivity contribution in [3.05, 3.63) is 35.4 Å². The van der Waals surface area contributed by atoms with Gasteiger partial charge in [0, 0.05) is 30.8 Å². The van der Waals surface area contributed by atoms with Crippen LogP contribution < -0.4 is 5.32 Å². The fraction of sp³-hybridized carbons (Fsp3) is 0.600. The first-order chi connectivity index (χ1) is 9.65. The number of rotatable bonds is 5. The van der Waals surface area contributed by atoms with Gasteiger partial charge >= 0.3 is 0 Å². The highest BCUT2D eigenvalue weighted by atomic mass is 19.1. The third-order valence-electron chi connectivity index (χ3n) is 4.12. The van der Waals surface area contributed by atoms with E-state index in [0.29, 0.717) is 5.92 Å². The van der Waals surface area contributed by atoms with Crippen molar-refractivity contribution in [3.8, 4) is 0 Å². The van der Waals surface area contributed by atoms with Crippen LogP contribution in [0.2, 0.25) is 0 Å². The Hall–Kier alpha value is -1.04. The summed E-state index contributed by atoms with van der Waals surface area (Å²) < 4.78 is 32.1. The summed E-state index contributed by atoms with van der Waals surface area (Å²) in [7, 11) is 0. The fourth-order valence-electron chi connectivity index (χ4n) is 2.86. The van der Waals surface area contributed by atoms with E-state index < -0.39 is 17.7 Å². The molecule has 1 saturated heterocycles. The topological polar surface area (TPSA) is 41.5 Å². The van der Waals surface area contributed by atoms with Crippen LogP contribution in [0.3, 0.4) is 0 Å². The van der Waals surface area contributed by atoms with Gasteiger partial charge in [-0.3, -0.25) is 0 Å². The van der Waals surface area contributed by atoms with E-state index in [0.717, 1.165) is 25.2 Å². The SMILES string of the molecule is OC(CNC1CCOC1C1CC1)c1ccc(F)cc1F. The van der Waals surface area contributed by atoms with Gasteiger partial charge in [-0.25, -0.2) is 8.78 Å². The first-order valence-corrected chi connectivity index (χ1v) is 7.13. The Kier molecular flexibility index (Phi) is 4.01. The van der Waals surface area contributed by atoms with E-state index in [-0.39, 0.29) is 24.3 Å². The van der Waals surface area contributed by atoms with Gasteiger partial charge in [-0.2, -0.15) is 0 Å². The minimum absolute atomic E-state index is 0.126. The summed E-state index contributed by atoms with van der Waals surface area (Å²) in [6.45, 7) is 0.986. The number of benzene rings is 1. The highest BCUT2D eigenvalue weighted by molar-refractivity contribution is 5.21. The lowest BCUT2D eigenvalue weighted by molar-refractivity contribution is 0.0768. The van der Waals surface area contributed by atoms with E-state index in [2.05, 4.69) is 5.32 Å². The standard InChI is InChI=1S/C15H19F2NO2/c16-10-3-4-11(12(17)7-10)14(19)8-18-13-5-6-20-15(13)9-1-2-9/h3-4,7,9,13-15,18-19H,1-2,5-6,8H2. The zero-order valence-electron chi connectivity index (χ0n) is 11.2. The molecule has 1 aromatic rings. The number of hydrogen-bond acceptors (Lipinski definition) is 3. The molecule has 0 bridgehead atoms. The summed E-state index contributed by atoms with van der Waals surface area (Å²) in [5.41, 5.74) is 0.126. The molecule has 3 atom stereocenters. The predicted molar refractivity (Wildman–Crippen MR) is 70.2 cm³/mol. The van der Waals surface area contributed by atoms with Gasteiger partial charge in [0.15, 0.2) is 0 Å². The second-order valence-electron chi connectivity index (χ2n) is 5.66. The Morgan fingerprint density at radius 3 is 2.80 bits per heavy atom. The van der Waals surface area contributed by atoms with Gasteiger partial charge in [0.25, 0.3) is 0 Å². The Labute approximate surface area is 116 Å². The number of halogens is 2. The molecule has 20 heavy (non-hydrogen) atoms. The maximum absolute atomic E-state index is 13.6. The molecular weight excluding hydrogens is 264 g/mol. The average molecular weight is 283 g/mol. The van der Waals surface area contributed by atoms with Crippen LogP contribution in [-0.4, -0.2) is 30.4 Å². The smallest absolute Gasteiger partial charge is 0.131 e. The van der Waals surface area contributed by atoms with Crippen LogP contribution in [0.5, 0.6) is 0 Å². The molecule has 1 aromatic carbocycles. The van der Waals surface area contributed by atoms with Crippen LogP contribution in [0.15, 0.2) is 18.2 Å². The number of aliphatic hydroxyl groups excluding tert-OH is 1. The van der Waals surface area contributed by atoms with Crippen molar-refractivity contribution >= 4 is 0 Å². The van der Waals surface area contributed by atoms with Crippen molar-refractivity contribution in [2.24, 2.45) is 5.92 Å². The first-order valence-electron chi connectivity index (χ1n) is 7.13. The third kappa shape index (κ3) is 3.00. The molecule has 1 heterocycles. The summed E-state index contributed by atoms with van der Waals surface area (Å²) in [4.78, 5) is 0. The molecule has 3 unspecified atom stereocenters. The van der Waals surface area contributed by atoms with Crippen LogP contribution in [0.25, 0.3) is 0 Å². The van der Waals surface area contributed by atoms with Crippen LogP contribution in [0.4, 0.5) is 8.78 Å². The highest BCUT2D eigenvalue weighted by Gasteiger charge is 2.40. The lowest BCUT2D eigenvalue weighted by atomic mass is 10.0. The van der Waals surface area contributed by atoms with Gasteiger partial charge in [0.1, 0.15) is 11.6 Å². The minimum atomic E-state index is -0.976. The van der Waals surface area contributed by atoms with Crippen molar-refractivity contribution in [1.82, 2.24) is 5.32 Å². The molecule has 0 spiro atoms. The molecule has 2 N–H and O–H groups in total. The molecule has 1 saturated carbocycles. The lowest BCUT2D eigenvalue weighted by Gasteiger charge is -2.21. The second-order valence-corrected chi connectivity index (χ2v) is 5.66. The lowest BCUT2D eigenvalue weighted by Crippen LogP contribution is -2.39. The van der Waals surface area contributed by atoms with Crippen molar-refractivity contribution in [1.29, 1.82) is 0 Å². The molecule has 110 valence electrons. The molecular formula is C15H19F2NO2. The summed E-state index contributed by atoms with van der Waals surface area (Å²) >= 11 is 0. The molecule has 2 aliphatic rings. The van der Waals surface area contributed by atoms with Gasteiger partial charge < -0.3 is 15.2 Å². The van der Waals surface area contributed by atoms with E-state index in [1.807, 2.05) is 0 Å². The number of hydrogen-bond donors (Lipinski definition) is 2. The number of aliphatic hydroxyl groups is 1. The molecule has 2 fully saturated rings. The van der Waals surface area contributed by atoms with Crippen LogP contribution in [-0.2, 0) is 4.74 Å². The largest absolute Gasteiger partial charge is 0.387 e. The Morgan fingerprint density at radius 1 is 1.30 bits per heavy atom. The number of ether oxygens (including phenoxy) is 1. The van der Waals surface area contributed by atoms with Gasteiger partial charge in [-0.05, 0) is 31.2 Å². The Balaban J connectivity index is 1.57. The van der Waals surface area contributed by atoms with Crippen molar-refractivity contribution in [2.75, 3.05) is 13.2 Å². The maximum atomic E-state index is 13.6. The molecule has 1 aliphatic heterocycles.